The first kappa shape index (κ1) is 9.50. The molecular formula is C10H14ClNS. The Morgan fingerprint density at radius 1 is 1.62 bits per heavy atom. The minimum atomic E-state index is 0.392. The van der Waals surface area contributed by atoms with Crippen molar-refractivity contribution in [3.63, 3.8) is 0 Å². The van der Waals surface area contributed by atoms with Gasteiger partial charge in [0, 0.05) is 23.3 Å². The van der Waals surface area contributed by atoms with Crippen LogP contribution >= 0.6 is 22.9 Å². The second-order valence-electron chi connectivity index (χ2n) is 3.52. The highest BCUT2D eigenvalue weighted by atomic mass is 35.5. The fourth-order valence-corrected chi connectivity index (χ4v) is 2.70. The van der Waals surface area contributed by atoms with Crippen molar-refractivity contribution in [1.29, 1.82) is 0 Å². The van der Waals surface area contributed by atoms with E-state index in [9.17, 15) is 0 Å². The lowest BCUT2D eigenvalue weighted by Crippen LogP contribution is -2.23. The van der Waals surface area contributed by atoms with E-state index in [0.29, 0.717) is 5.38 Å². The Kier molecular flexibility index (Phi) is 3.25. The summed E-state index contributed by atoms with van der Waals surface area (Å²) in [4.78, 5) is 3.94. The predicted octanol–water partition coefficient (Wildman–Crippen LogP) is 2.60. The molecule has 1 aliphatic rings. The van der Waals surface area contributed by atoms with Crippen LogP contribution in [0.25, 0.3) is 0 Å². The molecule has 1 aromatic rings. The molecular weight excluding hydrogens is 202 g/mol. The smallest absolute Gasteiger partial charge is 0.0475 e. The molecule has 1 fully saturated rings. The summed E-state index contributed by atoms with van der Waals surface area (Å²) in [7, 11) is 0. The van der Waals surface area contributed by atoms with Crippen LogP contribution in [-0.2, 0) is 6.42 Å². The van der Waals surface area contributed by atoms with E-state index < -0.39 is 0 Å². The van der Waals surface area contributed by atoms with E-state index in [4.69, 9.17) is 11.6 Å². The molecule has 0 aromatic carbocycles. The third kappa shape index (κ3) is 2.70. The molecule has 0 radical (unpaired) electrons. The van der Waals surface area contributed by atoms with Crippen LogP contribution in [0.4, 0.5) is 0 Å². The van der Waals surface area contributed by atoms with E-state index in [2.05, 4.69) is 22.4 Å². The topological polar surface area (TPSA) is 3.24 Å². The predicted molar refractivity (Wildman–Crippen MR) is 58.7 cm³/mol. The van der Waals surface area contributed by atoms with E-state index in [1.54, 1.807) is 0 Å². The van der Waals surface area contributed by atoms with Crippen molar-refractivity contribution in [2.75, 3.05) is 19.6 Å². The number of nitrogens with zero attached hydrogens (tertiary/aromatic N) is 1. The summed E-state index contributed by atoms with van der Waals surface area (Å²) in [6.45, 7) is 3.43. The van der Waals surface area contributed by atoms with Gasteiger partial charge in [0.05, 0.1) is 0 Å². The molecule has 72 valence electrons. The fraction of sp³-hybridized carbons (Fsp3) is 0.600. The maximum absolute atomic E-state index is 6.03. The Labute approximate surface area is 88.3 Å². The summed E-state index contributed by atoms with van der Waals surface area (Å²) in [5.74, 6) is 0. The largest absolute Gasteiger partial charge is 0.301 e. The third-order valence-corrected chi connectivity index (χ3v) is 3.76. The summed E-state index contributed by atoms with van der Waals surface area (Å²) < 4.78 is 0. The number of rotatable bonds is 3. The number of likely N-dealkylation sites (tertiary alicyclic amines) is 1. The van der Waals surface area contributed by atoms with Gasteiger partial charge in [-0.2, -0.15) is 0 Å². The first-order chi connectivity index (χ1) is 6.34. The number of alkyl halides is 1. The van der Waals surface area contributed by atoms with E-state index in [-0.39, 0.29) is 0 Å². The molecule has 13 heavy (non-hydrogen) atoms. The fourth-order valence-electron chi connectivity index (χ4n) is 1.71. The lowest BCUT2D eigenvalue weighted by Gasteiger charge is -2.13. The van der Waals surface area contributed by atoms with Crippen LogP contribution < -0.4 is 0 Å². The molecule has 1 saturated heterocycles. The quantitative estimate of drug-likeness (QED) is 0.701. The van der Waals surface area contributed by atoms with Gasteiger partial charge in [-0.25, -0.2) is 0 Å². The van der Waals surface area contributed by atoms with Gasteiger partial charge in [-0.3, -0.25) is 0 Å². The Bertz CT molecular complexity index is 247. The molecule has 0 spiro atoms. The average Bonchev–Trinajstić information content (AvgIpc) is 2.71. The highest BCUT2D eigenvalue weighted by molar-refractivity contribution is 7.09. The molecule has 0 saturated carbocycles. The molecule has 0 amide bonds. The zero-order valence-electron chi connectivity index (χ0n) is 7.58. The normalized spacial score (nSPS) is 23.9. The molecule has 1 aromatic heterocycles. The maximum Gasteiger partial charge on any atom is 0.0475 e. The molecule has 3 heteroatoms. The molecule has 0 N–H and O–H groups in total. The van der Waals surface area contributed by atoms with Crippen molar-refractivity contribution in [3.8, 4) is 0 Å². The van der Waals surface area contributed by atoms with Crippen molar-refractivity contribution in [3.05, 3.63) is 22.4 Å². The van der Waals surface area contributed by atoms with Crippen molar-refractivity contribution < 1.29 is 0 Å². The summed E-state index contributed by atoms with van der Waals surface area (Å²) in [5, 5.41) is 2.53. The minimum absolute atomic E-state index is 0.392. The van der Waals surface area contributed by atoms with Crippen LogP contribution in [0, 0.1) is 0 Å². The first-order valence-corrected chi connectivity index (χ1v) is 6.05. The Morgan fingerprint density at radius 3 is 3.15 bits per heavy atom. The summed E-state index contributed by atoms with van der Waals surface area (Å²) >= 11 is 7.88. The van der Waals surface area contributed by atoms with Crippen LogP contribution in [0.1, 0.15) is 11.3 Å². The van der Waals surface area contributed by atoms with Gasteiger partial charge < -0.3 is 4.90 Å². The number of halogens is 1. The Morgan fingerprint density at radius 2 is 2.54 bits per heavy atom. The van der Waals surface area contributed by atoms with Crippen molar-refractivity contribution in [2.24, 2.45) is 0 Å². The third-order valence-electron chi connectivity index (χ3n) is 2.47. The molecule has 1 unspecified atom stereocenters. The van der Waals surface area contributed by atoms with Crippen LogP contribution in [-0.4, -0.2) is 29.9 Å². The molecule has 0 bridgehead atoms. The zero-order valence-corrected chi connectivity index (χ0v) is 9.15. The molecule has 2 heterocycles. The Balaban J connectivity index is 1.74. The number of hydrogen-bond acceptors (Lipinski definition) is 2. The van der Waals surface area contributed by atoms with Gasteiger partial charge in [0.25, 0.3) is 0 Å². The maximum atomic E-state index is 6.03. The van der Waals surface area contributed by atoms with Gasteiger partial charge >= 0.3 is 0 Å². The standard InChI is InChI=1S/C10H14ClNS/c11-9-3-5-12(8-9)6-4-10-2-1-7-13-10/h1-2,7,9H,3-6,8H2. The van der Waals surface area contributed by atoms with Gasteiger partial charge in [0.1, 0.15) is 0 Å². The van der Waals surface area contributed by atoms with E-state index >= 15 is 0 Å². The zero-order chi connectivity index (χ0) is 9.10. The summed E-state index contributed by atoms with van der Waals surface area (Å²) in [6, 6.07) is 4.33. The lowest BCUT2D eigenvalue weighted by molar-refractivity contribution is 0.345. The van der Waals surface area contributed by atoms with Crippen LogP contribution in [0.5, 0.6) is 0 Å². The van der Waals surface area contributed by atoms with Gasteiger partial charge in [-0.05, 0) is 30.8 Å². The van der Waals surface area contributed by atoms with Gasteiger partial charge in [-0.1, -0.05) is 6.07 Å². The van der Waals surface area contributed by atoms with Gasteiger partial charge in [-0.15, -0.1) is 22.9 Å². The lowest BCUT2D eigenvalue weighted by atomic mass is 10.3. The monoisotopic (exact) mass is 215 g/mol. The molecule has 1 nitrogen and oxygen atoms in total. The van der Waals surface area contributed by atoms with E-state index in [0.717, 1.165) is 13.0 Å². The van der Waals surface area contributed by atoms with Gasteiger partial charge in [0.2, 0.25) is 0 Å². The van der Waals surface area contributed by atoms with Gasteiger partial charge in [0.15, 0.2) is 0 Å². The number of thiophene rings is 1. The Hall–Kier alpha value is -0.0500. The number of hydrogen-bond donors (Lipinski definition) is 0. The summed E-state index contributed by atoms with van der Waals surface area (Å²) in [6.07, 6.45) is 2.34. The van der Waals surface area contributed by atoms with Crippen molar-refractivity contribution in [2.45, 2.75) is 18.2 Å². The van der Waals surface area contributed by atoms with E-state index in [1.165, 1.54) is 24.4 Å². The van der Waals surface area contributed by atoms with Crippen LogP contribution in [0.2, 0.25) is 0 Å². The minimum Gasteiger partial charge on any atom is -0.301 e. The average molecular weight is 216 g/mol. The van der Waals surface area contributed by atoms with E-state index in [1.807, 2.05) is 11.3 Å². The summed E-state index contributed by atoms with van der Waals surface area (Å²) in [5.41, 5.74) is 0. The molecule has 0 aliphatic carbocycles. The first-order valence-electron chi connectivity index (χ1n) is 4.73. The highest BCUT2D eigenvalue weighted by Gasteiger charge is 2.19. The molecule has 1 atom stereocenters. The second kappa shape index (κ2) is 4.45. The molecule has 2 rings (SSSR count). The van der Waals surface area contributed by atoms with Crippen LogP contribution in [0.15, 0.2) is 17.5 Å². The second-order valence-corrected chi connectivity index (χ2v) is 5.17. The van der Waals surface area contributed by atoms with Crippen LogP contribution in [0.3, 0.4) is 0 Å². The van der Waals surface area contributed by atoms with Crippen molar-refractivity contribution >= 4 is 22.9 Å². The van der Waals surface area contributed by atoms with Crippen molar-refractivity contribution in [1.82, 2.24) is 4.90 Å². The highest BCUT2D eigenvalue weighted by Crippen LogP contribution is 2.16. The SMILES string of the molecule is ClC1CCN(CCc2cccs2)C1. The molecule has 1 aliphatic heterocycles.